The molecule has 0 amide bonds. The largest absolute Gasteiger partial charge is 0.374 e. The molecule has 0 saturated carbocycles. The van der Waals surface area contributed by atoms with Crippen molar-refractivity contribution < 1.29 is 0 Å². The first-order valence-electron chi connectivity index (χ1n) is 10.8. The summed E-state index contributed by atoms with van der Waals surface area (Å²) in [5.41, 5.74) is 5.22. The number of hydrogen-bond acceptors (Lipinski definition) is 2. The van der Waals surface area contributed by atoms with Crippen LogP contribution in [0.5, 0.6) is 0 Å². The number of rotatable bonds is 0. The summed E-state index contributed by atoms with van der Waals surface area (Å²) in [7, 11) is 0. The summed E-state index contributed by atoms with van der Waals surface area (Å²) in [6.07, 6.45) is 0. The third-order valence-electron chi connectivity index (χ3n) is 6.83. The molecule has 5 aromatic carbocycles. The summed E-state index contributed by atoms with van der Waals surface area (Å²) in [6.45, 7) is 4.61. The molecule has 6 aromatic rings. The molecule has 0 unspecified atom stereocenters. The van der Waals surface area contributed by atoms with E-state index >= 15 is 0 Å². The van der Waals surface area contributed by atoms with Crippen LogP contribution in [-0.2, 0) is 5.54 Å². The Kier molecular flexibility index (Phi) is 3.28. The Balaban J connectivity index is 1.80. The average molecular weight is 416 g/mol. The molecular weight excluding hydrogens is 394 g/mol. The predicted molar refractivity (Wildman–Crippen MR) is 136 cm³/mol. The average Bonchev–Trinajstić information content (AvgIpc) is 3.19. The molecule has 2 heterocycles. The minimum Gasteiger partial charge on any atom is -0.374 e. The number of thiophene rings is 1. The van der Waals surface area contributed by atoms with Crippen molar-refractivity contribution in [3.63, 3.8) is 0 Å². The minimum absolute atomic E-state index is 0.155. The molecule has 2 heteroatoms. The molecule has 0 spiro atoms. The standard InChI is InChI=1S/C29H21NS/c1-29(2)22-16-15-17-9-3-4-10-18(17)25(22)26-20-12-6-5-11-19(20)24-21-13-7-8-14-23(21)31-28(24)27(26)30-29/h3-16,30H,1-2H3. The van der Waals surface area contributed by atoms with Gasteiger partial charge in [-0.05, 0) is 52.6 Å². The van der Waals surface area contributed by atoms with Crippen LogP contribution >= 0.6 is 11.3 Å². The van der Waals surface area contributed by atoms with E-state index in [2.05, 4.69) is 104 Å². The third kappa shape index (κ3) is 2.21. The maximum atomic E-state index is 3.96. The van der Waals surface area contributed by atoms with Crippen molar-refractivity contribution in [2.45, 2.75) is 19.4 Å². The zero-order valence-corrected chi connectivity index (χ0v) is 18.3. The molecule has 148 valence electrons. The highest BCUT2D eigenvalue weighted by atomic mass is 32.1. The fourth-order valence-corrected chi connectivity index (χ4v) is 6.70. The summed E-state index contributed by atoms with van der Waals surface area (Å²) < 4.78 is 2.71. The van der Waals surface area contributed by atoms with E-state index in [9.17, 15) is 0 Å². The van der Waals surface area contributed by atoms with Crippen molar-refractivity contribution in [1.29, 1.82) is 0 Å². The van der Waals surface area contributed by atoms with Gasteiger partial charge in [-0.3, -0.25) is 0 Å². The third-order valence-corrected chi connectivity index (χ3v) is 8.02. The lowest BCUT2D eigenvalue weighted by atomic mass is 9.78. The number of fused-ring (bicyclic) bond motifs is 12. The Morgan fingerprint density at radius 1 is 0.645 bits per heavy atom. The number of hydrogen-bond donors (Lipinski definition) is 1. The van der Waals surface area contributed by atoms with Crippen molar-refractivity contribution in [2.75, 3.05) is 5.32 Å². The molecule has 0 saturated heterocycles. The van der Waals surface area contributed by atoms with Crippen molar-refractivity contribution >= 4 is 58.7 Å². The van der Waals surface area contributed by atoms with Gasteiger partial charge in [0.05, 0.1) is 15.9 Å². The topological polar surface area (TPSA) is 12.0 Å². The van der Waals surface area contributed by atoms with Gasteiger partial charge in [0.25, 0.3) is 0 Å². The second-order valence-electron chi connectivity index (χ2n) is 9.06. The lowest BCUT2D eigenvalue weighted by molar-refractivity contribution is 0.608. The molecule has 0 fully saturated rings. The van der Waals surface area contributed by atoms with Gasteiger partial charge in [0.1, 0.15) is 0 Å². The molecule has 7 rings (SSSR count). The molecule has 0 radical (unpaired) electrons. The van der Waals surface area contributed by atoms with Crippen LogP contribution in [0.4, 0.5) is 5.69 Å². The SMILES string of the molecule is CC1(C)Nc2c(c3ccccc3c3c2sc2ccccc23)-c2c1ccc1ccccc21. The van der Waals surface area contributed by atoms with Crippen LogP contribution < -0.4 is 5.32 Å². The lowest BCUT2D eigenvalue weighted by Crippen LogP contribution is -2.32. The number of anilines is 1. The molecule has 1 aliphatic heterocycles. The fraction of sp³-hybridized carbons (Fsp3) is 0.103. The normalized spacial score (nSPS) is 14.6. The van der Waals surface area contributed by atoms with Gasteiger partial charge in [-0.25, -0.2) is 0 Å². The van der Waals surface area contributed by atoms with E-state index in [0.29, 0.717) is 0 Å². The first-order valence-corrected chi connectivity index (χ1v) is 11.6. The number of benzene rings is 5. The van der Waals surface area contributed by atoms with E-state index in [0.717, 1.165) is 0 Å². The zero-order valence-electron chi connectivity index (χ0n) is 17.5. The van der Waals surface area contributed by atoms with E-state index in [4.69, 9.17) is 0 Å². The highest BCUT2D eigenvalue weighted by Crippen LogP contribution is 2.55. The van der Waals surface area contributed by atoms with Crippen molar-refractivity contribution in [3.05, 3.63) is 90.5 Å². The van der Waals surface area contributed by atoms with Gasteiger partial charge in [0, 0.05) is 21.0 Å². The molecule has 1 N–H and O–H groups in total. The Bertz CT molecular complexity index is 1690. The highest BCUT2D eigenvalue weighted by Gasteiger charge is 2.34. The Morgan fingerprint density at radius 2 is 1.32 bits per heavy atom. The monoisotopic (exact) mass is 415 g/mol. The molecule has 0 aliphatic carbocycles. The molecule has 1 aliphatic rings. The van der Waals surface area contributed by atoms with Crippen LogP contribution in [-0.4, -0.2) is 0 Å². The van der Waals surface area contributed by atoms with E-state index in [1.807, 2.05) is 11.3 Å². The maximum absolute atomic E-state index is 3.96. The Hall–Kier alpha value is -3.36. The zero-order chi connectivity index (χ0) is 20.7. The van der Waals surface area contributed by atoms with E-state index in [1.165, 1.54) is 64.1 Å². The van der Waals surface area contributed by atoms with Crippen LogP contribution in [0.1, 0.15) is 19.4 Å². The van der Waals surface area contributed by atoms with Crippen molar-refractivity contribution in [1.82, 2.24) is 0 Å². The van der Waals surface area contributed by atoms with Gasteiger partial charge in [0.15, 0.2) is 0 Å². The van der Waals surface area contributed by atoms with Crippen molar-refractivity contribution in [3.8, 4) is 11.1 Å². The lowest BCUT2D eigenvalue weighted by Gasteiger charge is -2.38. The van der Waals surface area contributed by atoms with E-state index < -0.39 is 0 Å². The first-order chi connectivity index (χ1) is 15.1. The smallest absolute Gasteiger partial charge is 0.0615 e. The van der Waals surface area contributed by atoms with Gasteiger partial charge in [-0.15, -0.1) is 11.3 Å². The fourth-order valence-electron chi connectivity index (χ4n) is 5.48. The van der Waals surface area contributed by atoms with Gasteiger partial charge >= 0.3 is 0 Å². The molecule has 0 bridgehead atoms. The van der Waals surface area contributed by atoms with Crippen LogP contribution in [0, 0.1) is 0 Å². The summed E-state index contributed by atoms with van der Waals surface area (Å²) in [4.78, 5) is 0. The van der Waals surface area contributed by atoms with Gasteiger partial charge in [-0.2, -0.15) is 0 Å². The van der Waals surface area contributed by atoms with Gasteiger partial charge < -0.3 is 5.32 Å². The van der Waals surface area contributed by atoms with Crippen LogP contribution in [0.3, 0.4) is 0 Å². The molecule has 1 nitrogen and oxygen atoms in total. The number of nitrogens with one attached hydrogen (secondary N) is 1. The molecule has 31 heavy (non-hydrogen) atoms. The maximum Gasteiger partial charge on any atom is 0.0615 e. The van der Waals surface area contributed by atoms with Crippen molar-refractivity contribution in [2.24, 2.45) is 0 Å². The second-order valence-corrected chi connectivity index (χ2v) is 10.1. The summed E-state index contributed by atoms with van der Waals surface area (Å²) in [5.74, 6) is 0. The second kappa shape index (κ2) is 5.87. The summed E-state index contributed by atoms with van der Waals surface area (Å²) in [6, 6.07) is 31.1. The van der Waals surface area contributed by atoms with E-state index in [-0.39, 0.29) is 5.54 Å². The summed E-state index contributed by atoms with van der Waals surface area (Å²) >= 11 is 1.91. The molecule has 0 atom stereocenters. The highest BCUT2D eigenvalue weighted by molar-refractivity contribution is 7.26. The quantitative estimate of drug-likeness (QED) is 0.262. The van der Waals surface area contributed by atoms with E-state index in [1.54, 1.807) is 0 Å². The Labute approximate surface area is 184 Å². The summed E-state index contributed by atoms with van der Waals surface area (Å²) in [5, 5.41) is 12.0. The Morgan fingerprint density at radius 3 is 2.16 bits per heavy atom. The predicted octanol–water partition coefficient (Wildman–Crippen LogP) is 8.69. The van der Waals surface area contributed by atoms with Crippen LogP contribution in [0.2, 0.25) is 0 Å². The van der Waals surface area contributed by atoms with Crippen LogP contribution in [0.15, 0.2) is 84.9 Å². The van der Waals surface area contributed by atoms with Gasteiger partial charge in [-0.1, -0.05) is 78.9 Å². The van der Waals surface area contributed by atoms with Crippen LogP contribution in [0.25, 0.3) is 52.8 Å². The molecule has 1 aromatic heterocycles. The minimum atomic E-state index is -0.155. The first kappa shape index (κ1) is 17.3. The van der Waals surface area contributed by atoms with Gasteiger partial charge in [0.2, 0.25) is 0 Å². The molecular formula is C29H21NS.